The molecule has 1 aromatic carbocycles. The first-order valence-electron chi connectivity index (χ1n) is 9.26. The van der Waals surface area contributed by atoms with Crippen LogP contribution in [-0.4, -0.2) is 29.3 Å². The zero-order valence-electron chi connectivity index (χ0n) is 16.2. The number of hydrogen-bond acceptors (Lipinski definition) is 4. The van der Waals surface area contributed by atoms with Crippen molar-refractivity contribution in [3.05, 3.63) is 46.8 Å². The quantitative estimate of drug-likeness (QED) is 0.607. The molecular formula is C18H17F6N3O4S. The van der Waals surface area contributed by atoms with Crippen molar-refractivity contribution in [2.75, 3.05) is 0 Å². The van der Waals surface area contributed by atoms with Crippen molar-refractivity contribution in [3.63, 3.8) is 0 Å². The molecule has 0 aliphatic heterocycles. The van der Waals surface area contributed by atoms with Crippen LogP contribution in [0.1, 0.15) is 47.7 Å². The van der Waals surface area contributed by atoms with Crippen molar-refractivity contribution in [1.29, 1.82) is 0 Å². The number of nitrogens with zero attached hydrogens (tertiary/aromatic N) is 2. The molecule has 1 aliphatic carbocycles. The van der Waals surface area contributed by atoms with Gasteiger partial charge in [0.2, 0.25) is 10.0 Å². The van der Waals surface area contributed by atoms with E-state index in [4.69, 9.17) is 5.11 Å². The molecule has 0 spiro atoms. The van der Waals surface area contributed by atoms with E-state index in [2.05, 4.69) is 9.82 Å². The summed E-state index contributed by atoms with van der Waals surface area (Å²) in [7, 11) is -4.77. The van der Waals surface area contributed by atoms with Gasteiger partial charge in [-0.3, -0.25) is 9.48 Å². The fraction of sp³-hybridized carbons (Fsp3) is 0.444. The number of alkyl halides is 6. The average Bonchev–Trinajstić information content (AvgIpc) is 3.08. The molecular weight excluding hydrogens is 468 g/mol. The van der Waals surface area contributed by atoms with E-state index in [1.165, 1.54) is 10.9 Å². The van der Waals surface area contributed by atoms with Crippen LogP contribution in [0.2, 0.25) is 0 Å². The van der Waals surface area contributed by atoms with Gasteiger partial charge >= 0.3 is 18.3 Å². The highest BCUT2D eigenvalue weighted by Gasteiger charge is 2.39. The Balaban J connectivity index is 1.95. The molecule has 0 fully saturated rings. The molecule has 0 amide bonds. The summed E-state index contributed by atoms with van der Waals surface area (Å²) in [5, 5.41) is 12.9. The molecule has 1 heterocycles. The van der Waals surface area contributed by atoms with E-state index in [0.29, 0.717) is 24.1 Å². The fourth-order valence-electron chi connectivity index (χ4n) is 3.47. The fourth-order valence-corrected chi connectivity index (χ4v) is 4.79. The molecule has 176 valence electrons. The maximum absolute atomic E-state index is 13.1. The Bertz CT molecular complexity index is 1090. The molecule has 7 nitrogen and oxygen atoms in total. The van der Waals surface area contributed by atoms with E-state index in [0.717, 1.165) is 0 Å². The van der Waals surface area contributed by atoms with Crippen LogP contribution < -0.4 is 4.72 Å². The molecule has 0 saturated carbocycles. The van der Waals surface area contributed by atoms with E-state index < -0.39 is 50.4 Å². The van der Waals surface area contributed by atoms with E-state index in [1.807, 2.05) is 0 Å². The van der Waals surface area contributed by atoms with E-state index in [1.54, 1.807) is 0 Å². The van der Waals surface area contributed by atoms with Crippen LogP contribution in [0.25, 0.3) is 0 Å². The third-order valence-electron chi connectivity index (χ3n) is 4.97. The second-order valence-corrected chi connectivity index (χ2v) is 8.94. The minimum Gasteiger partial charge on any atom is -0.481 e. The van der Waals surface area contributed by atoms with Crippen LogP contribution in [0.4, 0.5) is 26.3 Å². The molecule has 2 N–H and O–H groups in total. The lowest BCUT2D eigenvalue weighted by Gasteiger charge is -2.24. The first kappa shape index (κ1) is 24.0. The summed E-state index contributed by atoms with van der Waals surface area (Å²) in [5.41, 5.74) is -2.52. The molecule has 32 heavy (non-hydrogen) atoms. The van der Waals surface area contributed by atoms with Gasteiger partial charge in [0.05, 0.1) is 41.2 Å². The van der Waals surface area contributed by atoms with Crippen molar-refractivity contribution in [2.45, 2.75) is 55.5 Å². The molecule has 3 rings (SSSR count). The first-order chi connectivity index (χ1) is 14.7. The molecule has 0 saturated heterocycles. The van der Waals surface area contributed by atoms with Crippen LogP contribution in [0, 0.1) is 0 Å². The number of carboxylic acid groups (broad SMARTS) is 1. The zero-order chi connectivity index (χ0) is 23.9. The number of aliphatic carboxylic acids is 1. The molecule has 0 radical (unpaired) electrons. The summed E-state index contributed by atoms with van der Waals surface area (Å²) >= 11 is 0. The standard InChI is InChI=1S/C18H17F6N3O4S/c19-17(20,21)10-6-11(18(22,23)24)8-12(7-10)32(30,31)26-14-2-1-3-15-13(14)9-25-27(15)5-4-16(28)29/h6-9,14,26H,1-5H2,(H,28,29)/t14-/m1/s1. The number of aromatic nitrogens is 2. The van der Waals surface area contributed by atoms with Crippen molar-refractivity contribution >= 4 is 16.0 Å². The van der Waals surface area contributed by atoms with Crippen molar-refractivity contribution in [3.8, 4) is 0 Å². The number of aryl methyl sites for hydroxylation is 1. The summed E-state index contributed by atoms with van der Waals surface area (Å²) in [6.45, 7) is 0.0344. The molecule has 1 atom stereocenters. The monoisotopic (exact) mass is 485 g/mol. The maximum atomic E-state index is 13.1. The Hall–Kier alpha value is -2.61. The Kier molecular flexibility index (Phi) is 6.30. The van der Waals surface area contributed by atoms with Crippen LogP contribution in [0.3, 0.4) is 0 Å². The van der Waals surface area contributed by atoms with Crippen LogP contribution in [0.5, 0.6) is 0 Å². The van der Waals surface area contributed by atoms with Crippen molar-refractivity contribution in [2.24, 2.45) is 0 Å². The minimum atomic E-state index is -5.19. The van der Waals surface area contributed by atoms with Gasteiger partial charge in [-0.05, 0) is 37.5 Å². The molecule has 1 aromatic heterocycles. The first-order valence-corrected chi connectivity index (χ1v) is 10.7. The van der Waals surface area contributed by atoms with Gasteiger partial charge in [0.1, 0.15) is 0 Å². The van der Waals surface area contributed by atoms with E-state index >= 15 is 0 Å². The summed E-state index contributed by atoms with van der Waals surface area (Å²) in [6.07, 6.45) is -8.12. The van der Waals surface area contributed by atoms with Gasteiger partial charge in [-0.2, -0.15) is 31.4 Å². The Morgan fingerprint density at radius 3 is 2.25 bits per heavy atom. The molecule has 14 heteroatoms. The third-order valence-corrected chi connectivity index (χ3v) is 6.42. The number of benzene rings is 1. The highest BCUT2D eigenvalue weighted by Crippen LogP contribution is 2.38. The molecule has 0 unspecified atom stereocenters. The number of fused-ring (bicyclic) bond motifs is 1. The highest BCUT2D eigenvalue weighted by molar-refractivity contribution is 7.89. The minimum absolute atomic E-state index is 0.0344. The SMILES string of the molecule is O=C(O)CCn1ncc2c1CCC[C@H]2NS(=O)(=O)c1cc(C(F)(F)F)cc(C(F)(F)F)c1. The van der Waals surface area contributed by atoms with Gasteiger partial charge in [-0.15, -0.1) is 0 Å². The predicted molar refractivity (Wildman–Crippen MR) is 96.9 cm³/mol. The van der Waals surface area contributed by atoms with Gasteiger partial charge in [0.15, 0.2) is 0 Å². The lowest BCUT2D eigenvalue weighted by Crippen LogP contribution is -2.31. The number of rotatable bonds is 6. The summed E-state index contributed by atoms with van der Waals surface area (Å²) in [6, 6.07) is -0.787. The van der Waals surface area contributed by atoms with Gasteiger partial charge in [0.25, 0.3) is 0 Å². The predicted octanol–water partition coefficient (Wildman–Crippen LogP) is 3.75. The largest absolute Gasteiger partial charge is 0.481 e. The number of carboxylic acids is 1. The normalized spacial score (nSPS) is 17.2. The number of carbonyl (C=O) groups is 1. The smallest absolute Gasteiger partial charge is 0.416 e. The van der Waals surface area contributed by atoms with Crippen molar-refractivity contribution < 1.29 is 44.7 Å². The highest BCUT2D eigenvalue weighted by atomic mass is 32.2. The second-order valence-electron chi connectivity index (χ2n) is 7.22. The van der Waals surface area contributed by atoms with Gasteiger partial charge in [0, 0.05) is 11.3 Å². The second kappa shape index (κ2) is 8.39. The molecule has 0 bridgehead atoms. The summed E-state index contributed by atoms with van der Waals surface area (Å²) < 4.78 is 108. The number of hydrogen-bond donors (Lipinski definition) is 2. The molecule has 2 aromatic rings. The van der Waals surface area contributed by atoms with Gasteiger partial charge in [-0.1, -0.05) is 0 Å². The Labute approximate surface area is 178 Å². The van der Waals surface area contributed by atoms with Crippen LogP contribution in [-0.2, 0) is 40.1 Å². The van der Waals surface area contributed by atoms with Gasteiger partial charge in [-0.25, -0.2) is 13.1 Å². The van der Waals surface area contributed by atoms with Crippen LogP contribution >= 0.6 is 0 Å². The zero-order valence-corrected chi connectivity index (χ0v) is 17.0. The van der Waals surface area contributed by atoms with Gasteiger partial charge < -0.3 is 5.11 Å². The lowest BCUT2D eigenvalue weighted by atomic mass is 9.94. The van der Waals surface area contributed by atoms with Crippen LogP contribution in [0.15, 0.2) is 29.3 Å². The Morgan fingerprint density at radius 2 is 1.72 bits per heavy atom. The molecule has 1 aliphatic rings. The lowest BCUT2D eigenvalue weighted by molar-refractivity contribution is -0.143. The number of sulfonamides is 1. The average molecular weight is 485 g/mol. The summed E-state index contributed by atoms with van der Waals surface area (Å²) in [4.78, 5) is 9.61. The number of halogens is 6. The topological polar surface area (TPSA) is 101 Å². The summed E-state index contributed by atoms with van der Waals surface area (Å²) in [5.74, 6) is -1.06. The Morgan fingerprint density at radius 1 is 1.12 bits per heavy atom. The third kappa shape index (κ3) is 5.23. The maximum Gasteiger partial charge on any atom is 0.416 e. The van der Waals surface area contributed by atoms with E-state index in [9.17, 15) is 39.6 Å². The number of nitrogens with one attached hydrogen (secondary N) is 1. The van der Waals surface area contributed by atoms with E-state index in [-0.39, 0.29) is 37.6 Å². The van der Waals surface area contributed by atoms with Crippen molar-refractivity contribution in [1.82, 2.24) is 14.5 Å².